The van der Waals surface area contributed by atoms with Gasteiger partial charge in [0.25, 0.3) is 0 Å². The first kappa shape index (κ1) is 20.4. The van der Waals surface area contributed by atoms with E-state index in [-0.39, 0.29) is 0 Å². The summed E-state index contributed by atoms with van der Waals surface area (Å²) < 4.78 is 5.72. The number of rotatable bonds is 6. The predicted molar refractivity (Wildman–Crippen MR) is 113 cm³/mol. The van der Waals surface area contributed by atoms with E-state index in [0.717, 1.165) is 56.0 Å². The fraction of sp³-hybridized carbons (Fsp3) is 0.545. The summed E-state index contributed by atoms with van der Waals surface area (Å²) in [5.41, 5.74) is 3.55. The highest BCUT2D eigenvalue weighted by atomic mass is 16.4. The Labute approximate surface area is 168 Å². The Hall–Kier alpha value is -2.34. The van der Waals surface area contributed by atoms with Gasteiger partial charge in [0, 0.05) is 20.1 Å². The van der Waals surface area contributed by atoms with Crippen molar-refractivity contribution in [2.24, 2.45) is 10.9 Å². The quantitative estimate of drug-likeness (QED) is 0.592. The van der Waals surface area contributed by atoms with Crippen LogP contribution in [0.3, 0.4) is 0 Å². The van der Waals surface area contributed by atoms with Crippen molar-refractivity contribution >= 4 is 5.96 Å². The lowest BCUT2D eigenvalue weighted by atomic mass is 9.97. The van der Waals surface area contributed by atoms with Crippen molar-refractivity contribution in [1.82, 2.24) is 20.5 Å². The van der Waals surface area contributed by atoms with Gasteiger partial charge in [-0.05, 0) is 58.2 Å². The van der Waals surface area contributed by atoms with Crippen molar-refractivity contribution in [2.75, 3.05) is 26.7 Å². The van der Waals surface area contributed by atoms with Crippen LogP contribution in [0.2, 0.25) is 0 Å². The Balaban J connectivity index is 1.38. The van der Waals surface area contributed by atoms with Crippen LogP contribution in [0, 0.1) is 26.7 Å². The first-order valence-electron chi connectivity index (χ1n) is 10.2. The summed E-state index contributed by atoms with van der Waals surface area (Å²) >= 11 is 0. The normalized spacial score (nSPS) is 16.4. The van der Waals surface area contributed by atoms with E-state index >= 15 is 0 Å². The van der Waals surface area contributed by atoms with Crippen LogP contribution in [0.15, 0.2) is 33.7 Å². The highest BCUT2D eigenvalue weighted by molar-refractivity contribution is 5.79. The number of oxazole rings is 1. The Morgan fingerprint density at radius 2 is 2.00 bits per heavy atom. The molecule has 0 bridgehead atoms. The summed E-state index contributed by atoms with van der Waals surface area (Å²) in [7, 11) is 1.83. The first-order valence-corrected chi connectivity index (χ1v) is 10.2. The zero-order chi connectivity index (χ0) is 19.9. The fourth-order valence-corrected chi connectivity index (χ4v) is 3.62. The lowest BCUT2D eigenvalue weighted by Gasteiger charge is -2.31. The number of hydrogen-bond donors (Lipinski definition) is 2. The zero-order valence-corrected chi connectivity index (χ0v) is 17.6. The summed E-state index contributed by atoms with van der Waals surface area (Å²) in [6, 6.07) is 8.55. The third-order valence-corrected chi connectivity index (χ3v) is 5.46. The Morgan fingerprint density at radius 1 is 1.21 bits per heavy atom. The Kier molecular flexibility index (Phi) is 7.09. The average molecular weight is 384 g/mol. The lowest BCUT2D eigenvalue weighted by molar-refractivity contribution is 0.164. The van der Waals surface area contributed by atoms with Crippen LogP contribution >= 0.6 is 0 Å². The molecule has 0 amide bonds. The molecule has 1 aliphatic heterocycles. The maximum absolute atomic E-state index is 5.72. The van der Waals surface area contributed by atoms with Gasteiger partial charge in [0.05, 0.1) is 12.2 Å². The minimum absolute atomic E-state index is 0.668. The van der Waals surface area contributed by atoms with Crippen LogP contribution in [-0.2, 0) is 13.1 Å². The number of guanidine groups is 1. The fourth-order valence-electron chi connectivity index (χ4n) is 3.62. The molecule has 3 rings (SSSR count). The van der Waals surface area contributed by atoms with Gasteiger partial charge in [-0.1, -0.05) is 29.8 Å². The second-order valence-corrected chi connectivity index (χ2v) is 7.76. The molecule has 6 nitrogen and oxygen atoms in total. The van der Waals surface area contributed by atoms with Crippen molar-refractivity contribution in [2.45, 2.75) is 46.7 Å². The molecule has 0 spiro atoms. The van der Waals surface area contributed by atoms with Crippen molar-refractivity contribution in [1.29, 1.82) is 0 Å². The molecule has 0 unspecified atom stereocenters. The van der Waals surface area contributed by atoms with Crippen LogP contribution in [0.4, 0.5) is 0 Å². The second kappa shape index (κ2) is 9.73. The van der Waals surface area contributed by atoms with Crippen molar-refractivity contribution in [3.05, 3.63) is 52.7 Å². The van der Waals surface area contributed by atoms with E-state index in [9.17, 15) is 0 Å². The lowest BCUT2D eigenvalue weighted by Crippen LogP contribution is -2.42. The molecule has 2 aromatic rings. The first-order chi connectivity index (χ1) is 13.5. The molecular formula is C22H33N5O. The summed E-state index contributed by atoms with van der Waals surface area (Å²) in [5.74, 6) is 3.31. The van der Waals surface area contributed by atoms with E-state index in [4.69, 9.17) is 4.42 Å². The van der Waals surface area contributed by atoms with Gasteiger partial charge >= 0.3 is 0 Å². The van der Waals surface area contributed by atoms with Crippen LogP contribution in [-0.4, -0.2) is 42.5 Å². The van der Waals surface area contributed by atoms with Crippen LogP contribution in [0.1, 0.15) is 41.3 Å². The Morgan fingerprint density at radius 3 is 2.64 bits per heavy atom. The summed E-state index contributed by atoms with van der Waals surface area (Å²) in [6.45, 7) is 10.8. The Bertz CT molecular complexity index is 770. The summed E-state index contributed by atoms with van der Waals surface area (Å²) in [4.78, 5) is 11.3. The summed E-state index contributed by atoms with van der Waals surface area (Å²) in [5, 5.41) is 6.90. The van der Waals surface area contributed by atoms with Crippen molar-refractivity contribution in [3.8, 4) is 0 Å². The smallest absolute Gasteiger partial charge is 0.208 e. The number of benzene rings is 1. The number of nitrogens with zero attached hydrogens (tertiary/aromatic N) is 3. The SMILES string of the molecule is CN=C(NCc1cccc(C)c1)NCC1CCN(Cc2nc(C)c(C)o2)CC1. The number of aliphatic imine (C=N–C) groups is 1. The third-order valence-electron chi connectivity index (χ3n) is 5.46. The van der Waals surface area contributed by atoms with E-state index in [0.29, 0.717) is 5.92 Å². The van der Waals surface area contributed by atoms with E-state index in [1.165, 1.54) is 24.0 Å². The van der Waals surface area contributed by atoms with E-state index in [1.54, 1.807) is 0 Å². The molecule has 1 aliphatic rings. The average Bonchev–Trinajstić information content (AvgIpc) is 3.00. The molecular weight excluding hydrogens is 350 g/mol. The molecule has 0 saturated carbocycles. The maximum atomic E-state index is 5.72. The van der Waals surface area contributed by atoms with Crippen LogP contribution < -0.4 is 10.6 Å². The van der Waals surface area contributed by atoms with Gasteiger partial charge in [0.15, 0.2) is 5.96 Å². The number of nitrogens with one attached hydrogen (secondary N) is 2. The molecule has 1 aromatic heterocycles. The minimum atomic E-state index is 0.668. The molecule has 152 valence electrons. The second-order valence-electron chi connectivity index (χ2n) is 7.76. The van der Waals surface area contributed by atoms with Gasteiger partial charge in [-0.25, -0.2) is 4.98 Å². The molecule has 0 radical (unpaired) electrons. The van der Waals surface area contributed by atoms with E-state index < -0.39 is 0 Å². The molecule has 0 aliphatic carbocycles. The van der Waals surface area contributed by atoms with Gasteiger partial charge in [0.1, 0.15) is 5.76 Å². The molecule has 2 N–H and O–H groups in total. The third kappa shape index (κ3) is 5.83. The minimum Gasteiger partial charge on any atom is -0.444 e. The number of likely N-dealkylation sites (tertiary alicyclic amines) is 1. The maximum Gasteiger partial charge on any atom is 0.208 e. The van der Waals surface area contributed by atoms with Gasteiger partial charge in [-0.15, -0.1) is 0 Å². The summed E-state index contributed by atoms with van der Waals surface area (Å²) in [6.07, 6.45) is 2.36. The van der Waals surface area contributed by atoms with E-state index in [2.05, 4.69) is 56.7 Å². The molecule has 1 aromatic carbocycles. The highest BCUT2D eigenvalue weighted by Gasteiger charge is 2.21. The molecule has 6 heteroatoms. The van der Waals surface area contributed by atoms with Gasteiger partial charge in [0.2, 0.25) is 5.89 Å². The zero-order valence-electron chi connectivity index (χ0n) is 17.6. The van der Waals surface area contributed by atoms with Crippen LogP contribution in [0.25, 0.3) is 0 Å². The molecule has 1 fully saturated rings. The van der Waals surface area contributed by atoms with Crippen molar-refractivity contribution in [3.63, 3.8) is 0 Å². The highest BCUT2D eigenvalue weighted by Crippen LogP contribution is 2.19. The topological polar surface area (TPSA) is 65.7 Å². The van der Waals surface area contributed by atoms with Gasteiger partial charge < -0.3 is 15.1 Å². The number of aromatic nitrogens is 1. The number of aryl methyl sites for hydroxylation is 3. The number of hydrogen-bond acceptors (Lipinski definition) is 4. The largest absolute Gasteiger partial charge is 0.444 e. The van der Waals surface area contributed by atoms with E-state index in [1.807, 2.05) is 20.9 Å². The molecule has 2 heterocycles. The molecule has 28 heavy (non-hydrogen) atoms. The van der Waals surface area contributed by atoms with Crippen molar-refractivity contribution < 1.29 is 4.42 Å². The van der Waals surface area contributed by atoms with Gasteiger partial charge in [-0.3, -0.25) is 9.89 Å². The molecule has 1 saturated heterocycles. The standard InChI is InChI=1S/C22H33N5O/c1-16-6-5-7-20(12-16)14-25-22(23-4)24-13-19-8-10-27(11-9-19)15-21-26-17(2)18(3)28-21/h5-7,12,19H,8-11,13-15H2,1-4H3,(H2,23,24,25). The molecule has 0 atom stereocenters. The van der Waals surface area contributed by atoms with Gasteiger partial charge in [-0.2, -0.15) is 0 Å². The van der Waals surface area contributed by atoms with Crippen LogP contribution in [0.5, 0.6) is 0 Å². The predicted octanol–water partition coefficient (Wildman–Crippen LogP) is 3.18. The monoisotopic (exact) mass is 383 g/mol. The number of piperidine rings is 1.